The lowest BCUT2D eigenvalue weighted by Crippen LogP contribution is -2.23. The van der Waals surface area contributed by atoms with E-state index in [0.29, 0.717) is 36.4 Å². The Morgan fingerprint density at radius 3 is 2.13 bits per heavy atom. The number of carbonyl (C=O) groups is 2. The number of Topliss-reactive ketones (excluding diaryl/α,β-unsaturated/α-hetero) is 2. The summed E-state index contributed by atoms with van der Waals surface area (Å²) >= 11 is 0. The van der Waals surface area contributed by atoms with Crippen LogP contribution >= 0.6 is 0 Å². The Hall–Kier alpha value is -1.51. The van der Waals surface area contributed by atoms with Crippen molar-refractivity contribution >= 4 is 11.6 Å². The second kappa shape index (κ2) is 12.5. The molecule has 3 rings (SSSR count). The molecule has 1 aromatic carbocycles. The summed E-state index contributed by atoms with van der Waals surface area (Å²) in [6, 6.07) is 8.35. The largest absolute Gasteiger partial charge is 0.299 e. The van der Waals surface area contributed by atoms with Gasteiger partial charge in [0.2, 0.25) is 0 Å². The van der Waals surface area contributed by atoms with Crippen LogP contribution in [0.25, 0.3) is 0 Å². The Labute approximate surface area is 188 Å². The van der Waals surface area contributed by atoms with Crippen LogP contribution in [-0.2, 0) is 4.79 Å². The number of ketones is 2. The van der Waals surface area contributed by atoms with Gasteiger partial charge in [0.15, 0.2) is 5.78 Å². The molecule has 2 fully saturated rings. The first-order valence-electron chi connectivity index (χ1n) is 12.8. The molecule has 2 aliphatic rings. The Kier molecular flexibility index (Phi) is 9.74. The highest BCUT2D eigenvalue weighted by Gasteiger charge is 2.27. The SMILES string of the molecule is CCCCC(=O)[C@H]1CC[C@H](CC(=O)c2ccc([C@H]3CC[C@H](CCCF)CC3)cc2)CC1. The van der Waals surface area contributed by atoms with Crippen LogP contribution in [0.2, 0.25) is 0 Å². The first-order valence-corrected chi connectivity index (χ1v) is 12.8. The van der Waals surface area contributed by atoms with Crippen molar-refractivity contribution in [2.24, 2.45) is 17.8 Å². The summed E-state index contributed by atoms with van der Waals surface area (Å²) < 4.78 is 12.4. The lowest BCUT2D eigenvalue weighted by atomic mass is 9.76. The quantitative estimate of drug-likeness (QED) is 0.336. The van der Waals surface area contributed by atoms with Crippen LogP contribution in [0.1, 0.15) is 119 Å². The van der Waals surface area contributed by atoms with Gasteiger partial charge in [-0.05, 0) is 93.9 Å². The van der Waals surface area contributed by atoms with Gasteiger partial charge >= 0.3 is 0 Å². The molecule has 0 amide bonds. The Morgan fingerprint density at radius 1 is 0.871 bits per heavy atom. The maximum atomic E-state index is 12.8. The van der Waals surface area contributed by atoms with Gasteiger partial charge in [0.05, 0.1) is 6.67 Å². The van der Waals surface area contributed by atoms with E-state index in [-0.39, 0.29) is 18.4 Å². The molecule has 0 unspecified atom stereocenters. The van der Waals surface area contributed by atoms with E-state index in [0.717, 1.165) is 56.9 Å². The molecule has 3 heteroatoms. The van der Waals surface area contributed by atoms with Crippen LogP contribution in [0.5, 0.6) is 0 Å². The highest BCUT2D eigenvalue weighted by molar-refractivity contribution is 5.96. The lowest BCUT2D eigenvalue weighted by molar-refractivity contribution is -0.124. The van der Waals surface area contributed by atoms with Crippen molar-refractivity contribution < 1.29 is 14.0 Å². The zero-order chi connectivity index (χ0) is 22.1. The highest BCUT2D eigenvalue weighted by Crippen LogP contribution is 2.38. The molecule has 0 N–H and O–H groups in total. The molecular weight excluding hydrogens is 387 g/mol. The van der Waals surface area contributed by atoms with E-state index in [1.54, 1.807) is 0 Å². The van der Waals surface area contributed by atoms with Gasteiger partial charge in [0, 0.05) is 24.3 Å². The van der Waals surface area contributed by atoms with Crippen molar-refractivity contribution in [1.82, 2.24) is 0 Å². The van der Waals surface area contributed by atoms with Crippen molar-refractivity contribution in [2.45, 2.75) is 103 Å². The average Bonchev–Trinajstić information content (AvgIpc) is 2.82. The third-order valence-electron chi connectivity index (χ3n) is 7.85. The third-order valence-corrected chi connectivity index (χ3v) is 7.85. The van der Waals surface area contributed by atoms with Gasteiger partial charge in [-0.2, -0.15) is 0 Å². The Balaban J connectivity index is 1.42. The molecular formula is C28H41FO2. The number of halogens is 1. The number of benzene rings is 1. The number of hydrogen-bond acceptors (Lipinski definition) is 2. The molecule has 2 aliphatic carbocycles. The molecule has 1 aromatic rings. The van der Waals surface area contributed by atoms with Crippen LogP contribution in [0.15, 0.2) is 24.3 Å². The highest BCUT2D eigenvalue weighted by atomic mass is 19.1. The van der Waals surface area contributed by atoms with Crippen LogP contribution in [0.3, 0.4) is 0 Å². The lowest BCUT2D eigenvalue weighted by Gasteiger charge is -2.29. The second-order valence-corrected chi connectivity index (χ2v) is 10.1. The fraction of sp³-hybridized carbons (Fsp3) is 0.714. The van der Waals surface area contributed by atoms with E-state index in [9.17, 15) is 14.0 Å². The molecule has 0 spiro atoms. The molecule has 0 atom stereocenters. The first kappa shape index (κ1) is 24.1. The molecule has 2 saturated carbocycles. The normalized spacial score (nSPS) is 26.5. The minimum atomic E-state index is -0.187. The zero-order valence-corrected chi connectivity index (χ0v) is 19.4. The Bertz CT molecular complexity index is 679. The van der Waals surface area contributed by atoms with E-state index in [1.807, 2.05) is 12.1 Å². The number of alkyl halides is 1. The van der Waals surface area contributed by atoms with Crippen LogP contribution in [0.4, 0.5) is 4.39 Å². The molecule has 0 aromatic heterocycles. The monoisotopic (exact) mass is 428 g/mol. The predicted octanol–water partition coefficient (Wildman–Crippen LogP) is 7.85. The zero-order valence-electron chi connectivity index (χ0n) is 19.4. The molecule has 0 radical (unpaired) electrons. The van der Waals surface area contributed by atoms with E-state index < -0.39 is 0 Å². The minimum Gasteiger partial charge on any atom is -0.299 e. The van der Waals surface area contributed by atoms with E-state index in [1.165, 1.54) is 31.2 Å². The van der Waals surface area contributed by atoms with Gasteiger partial charge < -0.3 is 0 Å². The van der Waals surface area contributed by atoms with E-state index in [4.69, 9.17) is 0 Å². The summed E-state index contributed by atoms with van der Waals surface area (Å²) in [4.78, 5) is 25.1. The molecule has 0 aliphatic heterocycles. The smallest absolute Gasteiger partial charge is 0.163 e. The topological polar surface area (TPSA) is 34.1 Å². The minimum absolute atomic E-state index is 0.187. The van der Waals surface area contributed by atoms with Gasteiger partial charge in [-0.3, -0.25) is 14.0 Å². The summed E-state index contributed by atoms with van der Waals surface area (Å²) in [5, 5.41) is 0. The molecule has 2 nitrogen and oxygen atoms in total. The van der Waals surface area contributed by atoms with Crippen molar-refractivity contribution in [3.63, 3.8) is 0 Å². The maximum absolute atomic E-state index is 12.8. The van der Waals surface area contributed by atoms with Gasteiger partial charge in [-0.25, -0.2) is 0 Å². The van der Waals surface area contributed by atoms with Gasteiger partial charge in [0.25, 0.3) is 0 Å². The summed E-state index contributed by atoms with van der Waals surface area (Å²) in [6.45, 7) is 1.94. The van der Waals surface area contributed by atoms with Crippen LogP contribution < -0.4 is 0 Å². The number of hydrogen-bond donors (Lipinski definition) is 0. The molecule has 0 heterocycles. The molecule has 172 valence electrons. The summed E-state index contributed by atoms with van der Waals surface area (Å²) in [7, 11) is 0. The fourth-order valence-electron chi connectivity index (χ4n) is 5.72. The molecule has 0 saturated heterocycles. The average molecular weight is 429 g/mol. The fourth-order valence-corrected chi connectivity index (χ4v) is 5.72. The van der Waals surface area contributed by atoms with E-state index >= 15 is 0 Å². The standard InChI is InChI=1S/C28H41FO2/c1-2-3-6-27(30)25-13-9-22(10-14-25)20-28(31)26-17-15-24(16-18-26)23-11-7-21(8-12-23)5-4-19-29/h15-18,21-23,25H,2-14,19-20H2,1H3/t21-,22-,23-,25-. The Morgan fingerprint density at radius 2 is 1.52 bits per heavy atom. The maximum Gasteiger partial charge on any atom is 0.163 e. The number of rotatable bonds is 11. The van der Waals surface area contributed by atoms with Gasteiger partial charge in [0.1, 0.15) is 5.78 Å². The van der Waals surface area contributed by atoms with Crippen molar-refractivity contribution in [3.05, 3.63) is 35.4 Å². The van der Waals surface area contributed by atoms with Crippen molar-refractivity contribution in [1.29, 1.82) is 0 Å². The molecule has 0 bridgehead atoms. The van der Waals surface area contributed by atoms with Crippen molar-refractivity contribution in [3.8, 4) is 0 Å². The molecule has 31 heavy (non-hydrogen) atoms. The summed E-state index contributed by atoms with van der Waals surface area (Å²) in [5.74, 6) is 2.66. The van der Waals surface area contributed by atoms with Crippen molar-refractivity contribution in [2.75, 3.05) is 6.67 Å². The summed E-state index contributed by atoms with van der Waals surface area (Å²) in [6.07, 6.45) is 13.9. The van der Waals surface area contributed by atoms with Crippen LogP contribution in [0, 0.1) is 17.8 Å². The third kappa shape index (κ3) is 7.26. The van der Waals surface area contributed by atoms with Crippen LogP contribution in [-0.4, -0.2) is 18.2 Å². The van der Waals surface area contributed by atoms with E-state index in [2.05, 4.69) is 19.1 Å². The number of unbranched alkanes of at least 4 members (excludes halogenated alkanes) is 1. The summed E-state index contributed by atoms with van der Waals surface area (Å²) in [5.41, 5.74) is 2.19. The van der Waals surface area contributed by atoms with Gasteiger partial charge in [-0.15, -0.1) is 0 Å². The first-order chi connectivity index (χ1) is 15.1. The van der Waals surface area contributed by atoms with Gasteiger partial charge in [-0.1, -0.05) is 37.6 Å². The number of carbonyl (C=O) groups excluding carboxylic acids is 2. The second-order valence-electron chi connectivity index (χ2n) is 10.1. The predicted molar refractivity (Wildman–Crippen MR) is 125 cm³/mol.